The molecule has 0 saturated carbocycles. The molecule has 1 amide bonds. The molecule has 0 unspecified atom stereocenters. The molecule has 4 rings (SSSR count). The predicted octanol–water partition coefficient (Wildman–Crippen LogP) is 5.06. The molecule has 9 heteroatoms. The summed E-state index contributed by atoms with van der Waals surface area (Å²) in [6, 6.07) is 11.8. The number of fused-ring (bicyclic) bond motifs is 1. The molecule has 0 aliphatic heterocycles. The van der Waals surface area contributed by atoms with Crippen molar-refractivity contribution in [2.45, 2.75) is 20.0 Å². The quantitative estimate of drug-likeness (QED) is 0.258. The number of alkyl halides is 3. The molecule has 0 atom stereocenters. The van der Waals surface area contributed by atoms with E-state index in [9.17, 15) is 23.1 Å². The van der Waals surface area contributed by atoms with Crippen LogP contribution in [0.4, 0.5) is 13.2 Å². The topological polar surface area (TPSA) is 79.8 Å². The predicted molar refractivity (Wildman–Crippen MR) is 113 cm³/mol. The first-order valence-corrected chi connectivity index (χ1v) is 9.55. The average Bonchev–Trinajstić information content (AvgIpc) is 3.33. The van der Waals surface area contributed by atoms with Gasteiger partial charge in [-0.2, -0.15) is 18.3 Å². The minimum absolute atomic E-state index is 0.0625. The van der Waals surface area contributed by atoms with Gasteiger partial charge in [0, 0.05) is 11.1 Å². The monoisotopic (exact) mass is 441 g/mol. The number of halogens is 3. The molecule has 32 heavy (non-hydrogen) atoms. The number of hydrazone groups is 1. The van der Waals surface area contributed by atoms with Crippen LogP contribution in [0.5, 0.6) is 5.88 Å². The molecular weight excluding hydrogens is 423 g/mol. The second-order valence-corrected chi connectivity index (χ2v) is 7.29. The molecule has 2 aromatic carbocycles. The zero-order chi connectivity index (χ0) is 23.0. The van der Waals surface area contributed by atoms with E-state index in [1.807, 2.05) is 19.9 Å². The zero-order valence-corrected chi connectivity index (χ0v) is 17.1. The normalized spacial score (nSPS) is 12.3. The number of furan rings is 1. The minimum Gasteiger partial charge on any atom is -0.494 e. The Morgan fingerprint density at radius 2 is 1.84 bits per heavy atom. The van der Waals surface area contributed by atoms with Crippen molar-refractivity contribution >= 4 is 23.0 Å². The van der Waals surface area contributed by atoms with E-state index in [4.69, 9.17) is 4.42 Å². The third-order valence-corrected chi connectivity index (χ3v) is 4.96. The van der Waals surface area contributed by atoms with E-state index >= 15 is 0 Å². The number of aromatic nitrogens is 1. The van der Waals surface area contributed by atoms with Crippen LogP contribution in [-0.4, -0.2) is 21.8 Å². The summed E-state index contributed by atoms with van der Waals surface area (Å²) in [5.41, 5.74) is 3.86. The van der Waals surface area contributed by atoms with Gasteiger partial charge >= 0.3 is 6.18 Å². The summed E-state index contributed by atoms with van der Waals surface area (Å²) in [5, 5.41) is 15.5. The molecule has 0 aliphatic rings. The van der Waals surface area contributed by atoms with Crippen molar-refractivity contribution in [1.29, 1.82) is 0 Å². The summed E-state index contributed by atoms with van der Waals surface area (Å²) in [7, 11) is 0. The maximum atomic E-state index is 13.5. The van der Waals surface area contributed by atoms with Gasteiger partial charge in [0.15, 0.2) is 5.76 Å². The lowest BCUT2D eigenvalue weighted by Gasteiger charge is -2.11. The van der Waals surface area contributed by atoms with Gasteiger partial charge in [0.1, 0.15) is 5.71 Å². The first kappa shape index (κ1) is 21.2. The Bertz CT molecular complexity index is 1320. The largest absolute Gasteiger partial charge is 0.494 e. The van der Waals surface area contributed by atoms with E-state index in [0.717, 1.165) is 23.3 Å². The maximum Gasteiger partial charge on any atom is 0.416 e. The number of benzene rings is 2. The minimum atomic E-state index is -4.57. The molecule has 0 saturated heterocycles. The van der Waals surface area contributed by atoms with Gasteiger partial charge in [-0.3, -0.25) is 9.36 Å². The van der Waals surface area contributed by atoms with Crippen molar-refractivity contribution in [2.75, 3.05) is 0 Å². The van der Waals surface area contributed by atoms with Gasteiger partial charge < -0.3 is 9.52 Å². The van der Waals surface area contributed by atoms with Crippen LogP contribution in [0.3, 0.4) is 0 Å². The Kier molecular flexibility index (Phi) is 5.25. The van der Waals surface area contributed by atoms with Crippen LogP contribution in [-0.2, 0) is 11.0 Å². The summed E-state index contributed by atoms with van der Waals surface area (Å²) in [6.07, 6.45) is -2.85. The van der Waals surface area contributed by atoms with Crippen LogP contribution in [0.2, 0.25) is 0 Å². The third-order valence-electron chi connectivity index (χ3n) is 4.96. The highest BCUT2D eigenvalue weighted by Gasteiger charge is 2.33. The number of aromatic hydroxyl groups is 1. The molecule has 0 bridgehead atoms. The fourth-order valence-corrected chi connectivity index (χ4v) is 3.76. The van der Waals surface area contributed by atoms with Crippen molar-refractivity contribution in [1.82, 2.24) is 9.99 Å². The fourth-order valence-electron chi connectivity index (χ4n) is 3.76. The van der Waals surface area contributed by atoms with Crippen LogP contribution in [0.25, 0.3) is 16.6 Å². The van der Waals surface area contributed by atoms with Crippen molar-refractivity contribution in [3.8, 4) is 11.6 Å². The van der Waals surface area contributed by atoms with E-state index < -0.39 is 11.7 Å². The molecule has 4 aromatic rings. The number of hydrogen-bond donors (Lipinski definition) is 2. The highest BCUT2D eigenvalue weighted by atomic mass is 19.4. The third kappa shape index (κ3) is 3.73. The highest BCUT2D eigenvalue weighted by Crippen LogP contribution is 2.39. The van der Waals surface area contributed by atoms with Gasteiger partial charge in [0.2, 0.25) is 12.3 Å². The lowest BCUT2D eigenvalue weighted by Crippen LogP contribution is -2.10. The van der Waals surface area contributed by atoms with E-state index in [1.165, 1.54) is 16.9 Å². The van der Waals surface area contributed by atoms with Crippen molar-refractivity contribution in [3.05, 3.63) is 82.8 Å². The molecule has 0 radical (unpaired) electrons. The summed E-state index contributed by atoms with van der Waals surface area (Å²) in [6.45, 7) is 3.70. The molecule has 0 aliphatic carbocycles. The Labute approximate surface area is 180 Å². The number of rotatable bonds is 5. The highest BCUT2D eigenvalue weighted by molar-refractivity contribution is 6.20. The lowest BCUT2D eigenvalue weighted by atomic mass is 10.0. The van der Waals surface area contributed by atoms with Crippen molar-refractivity contribution < 1.29 is 27.5 Å². The number of nitrogens with zero attached hydrogens (tertiary/aromatic N) is 2. The summed E-state index contributed by atoms with van der Waals surface area (Å²) >= 11 is 0. The summed E-state index contributed by atoms with van der Waals surface area (Å²) < 4.78 is 47.2. The maximum absolute atomic E-state index is 13.5. The summed E-state index contributed by atoms with van der Waals surface area (Å²) in [4.78, 5) is 10.9. The smallest absolute Gasteiger partial charge is 0.416 e. The fraction of sp³-hybridized carbons (Fsp3) is 0.130. The number of carbonyl (C=O) groups is 1. The van der Waals surface area contributed by atoms with E-state index in [0.29, 0.717) is 17.5 Å². The molecule has 164 valence electrons. The van der Waals surface area contributed by atoms with Crippen LogP contribution in [0.1, 0.15) is 28.0 Å². The standard InChI is InChI=1S/C23H18F3N3O3/c1-13-8-14(2)10-16(9-13)29-18-11-15(23(24,25)26)5-6-17(18)20(22(29)31)21(28-27-12-30)19-4-3-7-32-19/h3-12,31H,1-2H3,(H,27,30). The second kappa shape index (κ2) is 7.92. The molecule has 2 heterocycles. The Morgan fingerprint density at radius 3 is 2.44 bits per heavy atom. The Hall–Kier alpha value is -4.01. The van der Waals surface area contributed by atoms with Gasteiger partial charge in [-0.05, 0) is 61.4 Å². The summed E-state index contributed by atoms with van der Waals surface area (Å²) in [5.74, 6) is -0.124. The molecule has 0 spiro atoms. The number of carbonyl (C=O) groups excluding carboxylic acids is 1. The molecule has 0 fully saturated rings. The van der Waals surface area contributed by atoms with Crippen molar-refractivity contribution in [2.24, 2.45) is 5.10 Å². The van der Waals surface area contributed by atoms with Crippen LogP contribution in [0, 0.1) is 13.8 Å². The van der Waals surface area contributed by atoms with Gasteiger partial charge in [-0.15, -0.1) is 0 Å². The number of aryl methyl sites for hydroxylation is 2. The lowest BCUT2D eigenvalue weighted by molar-refractivity contribution is -0.137. The van der Waals surface area contributed by atoms with E-state index in [2.05, 4.69) is 10.5 Å². The van der Waals surface area contributed by atoms with E-state index in [-0.39, 0.29) is 28.4 Å². The van der Waals surface area contributed by atoms with Crippen LogP contribution >= 0.6 is 0 Å². The van der Waals surface area contributed by atoms with Crippen LogP contribution in [0.15, 0.2) is 64.3 Å². The second-order valence-electron chi connectivity index (χ2n) is 7.29. The molecule has 2 N–H and O–H groups in total. The molecule has 2 aromatic heterocycles. The van der Waals surface area contributed by atoms with Gasteiger partial charge in [-0.1, -0.05) is 12.1 Å². The molecular formula is C23H18F3N3O3. The van der Waals surface area contributed by atoms with Gasteiger partial charge in [0.05, 0.1) is 22.9 Å². The SMILES string of the molecule is Cc1cc(C)cc(-n2c(O)c(C(=NNC=O)c3ccco3)c3ccc(C(F)(F)F)cc32)c1. The first-order valence-electron chi connectivity index (χ1n) is 9.55. The Morgan fingerprint density at radius 1 is 1.12 bits per heavy atom. The molecule has 6 nitrogen and oxygen atoms in total. The number of nitrogens with one attached hydrogen (secondary N) is 1. The van der Waals surface area contributed by atoms with Gasteiger partial charge in [0.25, 0.3) is 0 Å². The van der Waals surface area contributed by atoms with Gasteiger partial charge in [-0.25, -0.2) is 5.43 Å². The zero-order valence-electron chi connectivity index (χ0n) is 17.1. The van der Waals surface area contributed by atoms with E-state index in [1.54, 1.807) is 24.3 Å². The number of hydrogen-bond acceptors (Lipinski definition) is 4. The number of amides is 1. The average molecular weight is 441 g/mol. The van der Waals surface area contributed by atoms with Crippen molar-refractivity contribution in [3.63, 3.8) is 0 Å². The first-order chi connectivity index (χ1) is 15.2. The van der Waals surface area contributed by atoms with Crippen LogP contribution < -0.4 is 5.43 Å². The Balaban J connectivity index is 2.11.